The molecule has 77 heavy (non-hydrogen) atoms. The first-order valence-electron chi connectivity index (χ1n) is 29.6. The lowest BCUT2D eigenvalue weighted by atomic mass is 10.1. The molecule has 0 N–H and O–H groups in total. The molecule has 1 unspecified atom stereocenters. The molecule has 0 aromatic carbocycles. The van der Waals surface area contributed by atoms with Gasteiger partial charge < -0.3 is 14.2 Å². The van der Waals surface area contributed by atoms with Crippen molar-refractivity contribution in [2.75, 3.05) is 13.2 Å². The summed E-state index contributed by atoms with van der Waals surface area (Å²) in [6, 6.07) is 0. The van der Waals surface area contributed by atoms with E-state index in [1.54, 1.807) is 0 Å². The summed E-state index contributed by atoms with van der Waals surface area (Å²) in [4.78, 5) is 38.2. The topological polar surface area (TPSA) is 78.9 Å². The smallest absolute Gasteiger partial charge is 0.306 e. The number of rotatable bonds is 50. The van der Waals surface area contributed by atoms with Gasteiger partial charge in [-0.05, 0) is 154 Å². The largest absolute Gasteiger partial charge is 0.462 e. The SMILES string of the molecule is CC/C=C\C/C=C\C/C=C\C/C=C\C/C=C\C/C=C\CCCCC(=O)OCC(COC(=O)CCCCC/C=C\C/C=C\C/C=C\C/C=C\C/C=C\CC)OC(=O)CC/C=C\C/C=C\C/C=C\C/C=C\C/C=C\C/C=C\CC. The number of ether oxygens (including phenoxy) is 3. The van der Waals surface area contributed by atoms with Crippen LogP contribution in [0, 0.1) is 0 Å². The zero-order valence-electron chi connectivity index (χ0n) is 48.4. The molecule has 0 fully saturated rings. The van der Waals surface area contributed by atoms with Crippen LogP contribution in [-0.4, -0.2) is 37.2 Å². The first-order valence-corrected chi connectivity index (χ1v) is 29.6. The van der Waals surface area contributed by atoms with Crippen LogP contribution in [0.1, 0.15) is 201 Å². The molecule has 0 radical (unpaired) electrons. The number of hydrogen-bond acceptors (Lipinski definition) is 6. The molecular weight excluding hydrogens is 949 g/mol. The Labute approximate surface area is 470 Å². The summed E-state index contributed by atoms with van der Waals surface area (Å²) in [6.45, 7) is 6.14. The normalized spacial score (nSPS) is 13.6. The number of carbonyl (C=O) groups is 3. The van der Waals surface area contributed by atoms with Gasteiger partial charge in [0.05, 0.1) is 0 Å². The minimum atomic E-state index is -0.866. The van der Waals surface area contributed by atoms with E-state index in [1.807, 2.05) is 12.2 Å². The van der Waals surface area contributed by atoms with Crippen molar-refractivity contribution in [2.24, 2.45) is 0 Å². The maximum absolute atomic E-state index is 12.9. The summed E-state index contributed by atoms with van der Waals surface area (Å²) in [7, 11) is 0. The van der Waals surface area contributed by atoms with Gasteiger partial charge in [0.2, 0.25) is 0 Å². The molecule has 0 saturated heterocycles. The Morgan fingerprint density at radius 2 is 0.494 bits per heavy atom. The Hall–Kier alpha value is -6.01. The van der Waals surface area contributed by atoms with E-state index in [-0.39, 0.29) is 44.4 Å². The summed E-state index contributed by atoms with van der Waals surface area (Å²) in [5, 5.41) is 0. The summed E-state index contributed by atoms with van der Waals surface area (Å²) >= 11 is 0. The monoisotopic (exact) mass is 1050 g/mol. The Morgan fingerprint density at radius 3 is 0.779 bits per heavy atom. The molecule has 0 saturated carbocycles. The second-order valence-electron chi connectivity index (χ2n) is 18.4. The van der Waals surface area contributed by atoms with Crippen LogP contribution in [0.4, 0.5) is 0 Å². The van der Waals surface area contributed by atoms with Crippen molar-refractivity contribution in [2.45, 2.75) is 207 Å². The van der Waals surface area contributed by atoms with E-state index in [0.717, 1.165) is 141 Å². The zero-order valence-corrected chi connectivity index (χ0v) is 48.4. The van der Waals surface area contributed by atoms with Gasteiger partial charge in [-0.25, -0.2) is 0 Å². The van der Waals surface area contributed by atoms with Crippen LogP contribution in [0.25, 0.3) is 0 Å². The number of unbranched alkanes of at least 4 members (excludes halogenated alkanes) is 5. The predicted octanol–water partition coefficient (Wildman–Crippen LogP) is 20.4. The van der Waals surface area contributed by atoms with Gasteiger partial charge in [0.1, 0.15) is 13.2 Å². The lowest BCUT2D eigenvalue weighted by molar-refractivity contribution is -0.166. The van der Waals surface area contributed by atoms with E-state index in [4.69, 9.17) is 14.2 Å². The van der Waals surface area contributed by atoms with Crippen LogP contribution in [-0.2, 0) is 28.6 Å². The summed E-state index contributed by atoms with van der Waals surface area (Å²) in [5.74, 6) is -1.13. The van der Waals surface area contributed by atoms with Crippen LogP contribution in [0.3, 0.4) is 0 Å². The number of carbonyl (C=O) groups excluding carboxylic acids is 3. The highest BCUT2D eigenvalue weighted by atomic mass is 16.6. The molecule has 0 bridgehead atoms. The average molecular weight is 1050 g/mol. The van der Waals surface area contributed by atoms with Gasteiger partial charge in [-0.1, -0.05) is 234 Å². The van der Waals surface area contributed by atoms with E-state index < -0.39 is 12.1 Å². The molecule has 1 atom stereocenters. The second kappa shape index (κ2) is 62.5. The molecule has 0 aliphatic rings. The van der Waals surface area contributed by atoms with E-state index in [1.165, 1.54) is 0 Å². The average Bonchev–Trinajstić information content (AvgIpc) is 3.43. The van der Waals surface area contributed by atoms with Gasteiger partial charge >= 0.3 is 17.9 Å². The van der Waals surface area contributed by atoms with Crippen LogP contribution in [0.5, 0.6) is 0 Å². The molecule has 424 valence electrons. The summed E-state index contributed by atoms with van der Waals surface area (Å²) in [5.41, 5.74) is 0. The van der Waals surface area contributed by atoms with E-state index >= 15 is 0 Å². The van der Waals surface area contributed by atoms with Crippen molar-refractivity contribution in [3.8, 4) is 0 Å². The quantitative estimate of drug-likeness (QED) is 0.0261. The van der Waals surface area contributed by atoms with E-state index in [0.29, 0.717) is 19.3 Å². The fraction of sp³-hybridized carbons (Fsp3) is 0.479. The molecule has 0 aromatic heterocycles. The van der Waals surface area contributed by atoms with Crippen molar-refractivity contribution in [1.29, 1.82) is 0 Å². The third-order valence-corrected chi connectivity index (χ3v) is 11.3. The fourth-order valence-corrected chi connectivity index (χ4v) is 6.97. The van der Waals surface area contributed by atoms with Gasteiger partial charge in [-0.3, -0.25) is 14.4 Å². The van der Waals surface area contributed by atoms with Crippen LogP contribution < -0.4 is 0 Å². The van der Waals surface area contributed by atoms with Crippen molar-refractivity contribution < 1.29 is 28.6 Å². The van der Waals surface area contributed by atoms with Crippen LogP contribution in [0.15, 0.2) is 207 Å². The van der Waals surface area contributed by atoms with Crippen molar-refractivity contribution in [1.82, 2.24) is 0 Å². The highest BCUT2D eigenvalue weighted by Crippen LogP contribution is 2.10. The highest BCUT2D eigenvalue weighted by Gasteiger charge is 2.19. The molecule has 0 aliphatic carbocycles. The first kappa shape index (κ1) is 71.0. The van der Waals surface area contributed by atoms with Crippen molar-refractivity contribution >= 4 is 17.9 Å². The molecule has 0 rings (SSSR count). The molecule has 0 aromatic rings. The lowest BCUT2D eigenvalue weighted by Gasteiger charge is -2.18. The summed E-state index contributed by atoms with van der Waals surface area (Å²) < 4.78 is 16.7. The molecule has 0 aliphatic heterocycles. The minimum Gasteiger partial charge on any atom is -0.462 e. The number of allylic oxidation sites excluding steroid dienone is 34. The first-order chi connectivity index (χ1) is 38.0. The Morgan fingerprint density at radius 1 is 0.260 bits per heavy atom. The van der Waals surface area contributed by atoms with Gasteiger partial charge in [0, 0.05) is 19.3 Å². The third kappa shape index (κ3) is 60.7. The maximum atomic E-state index is 12.9. The van der Waals surface area contributed by atoms with Crippen molar-refractivity contribution in [3.63, 3.8) is 0 Å². The lowest BCUT2D eigenvalue weighted by Crippen LogP contribution is -2.30. The van der Waals surface area contributed by atoms with E-state index in [9.17, 15) is 14.4 Å². The maximum Gasteiger partial charge on any atom is 0.306 e. The van der Waals surface area contributed by atoms with Crippen LogP contribution >= 0.6 is 0 Å². The van der Waals surface area contributed by atoms with E-state index in [2.05, 4.69) is 215 Å². The Balaban J connectivity index is 4.70. The zero-order chi connectivity index (χ0) is 55.7. The molecular formula is C71H104O6. The third-order valence-electron chi connectivity index (χ3n) is 11.3. The van der Waals surface area contributed by atoms with Crippen LogP contribution in [0.2, 0.25) is 0 Å². The van der Waals surface area contributed by atoms with Gasteiger partial charge in [-0.2, -0.15) is 0 Å². The summed E-state index contributed by atoms with van der Waals surface area (Å²) in [6.07, 6.45) is 96.9. The molecule has 0 spiro atoms. The van der Waals surface area contributed by atoms with Gasteiger partial charge in [0.15, 0.2) is 6.10 Å². The number of hydrogen-bond donors (Lipinski definition) is 0. The van der Waals surface area contributed by atoms with Gasteiger partial charge in [0.25, 0.3) is 0 Å². The van der Waals surface area contributed by atoms with Crippen molar-refractivity contribution in [3.05, 3.63) is 207 Å². The predicted molar refractivity (Wildman–Crippen MR) is 333 cm³/mol. The highest BCUT2D eigenvalue weighted by molar-refractivity contribution is 5.71. The standard InChI is InChI=1S/C71H104O6/c1-4-7-10-13-16-19-22-25-28-31-34-35-38-40-43-46-49-52-55-58-61-64-70(73)76-67-68(77-71(74)65-62-59-56-53-50-47-44-41-37-33-30-27-24-21-18-15-12-9-6-3)66-75-69(72)63-60-57-54-51-48-45-42-39-36-32-29-26-23-20-17-14-11-8-5-2/h7-12,16-21,25-30,34-37,39-41,43,45,47-50,52,56,59,68H,4-6,13-15,22-24,31-33,38,42,44,46,51,53-55,57-58,60-67H2,1-3H3/b10-7-,11-8-,12-9-,19-16-,20-17-,21-18-,28-25-,29-26-,30-27-,35-34-,39-36-,41-37-,43-40-,48-45-,50-47-,52-49-,59-56-. The second-order valence-corrected chi connectivity index (χ2v) is 18.4. The molecule has 6 nitrogen and oxygen atoms in total. The number of esters is 3. The molecule has 0 heterocycles. The Kier molecular flexibility index (Phi) is 57.6. The molecule has 6 heteroatoms. The Bertz CT molecular complexity index is 1930. The fourth-order valence-electron chi connectivity index (χ4n) is 6.97. The van der Waals surface area contributed by atoms with Gasteiger partial charge in [-0.15, -0.1) is 0 Å². The molecule has 0 amide bonds. The minimum absolute atomic E-state index is 0.152.